The van der Waals surface area contributed by atoms with Gasteiger partial charge in [0.05, 0.1) is 0 Å². The number of aromatic nitrogens is 2. The number of benzene rings is 1. The van der Waals surface area contributed by atoms with Gasteiger partial charge < -0.3 is 9.26 Å². The molecular formula is C10H7F3N2O2. The summed E-state index contributed by atoms with van der Waals surface area (Å²) in [6.07, 6.45) is -3.25. The van der Waals surface area contributed by atoms with Gasteiger partial charge in [0.25, 0.3) is 0 Å². The lowest BCUT2D eigenvalue weighted by Gasteiger charge is -2.09. The van der Waals surface area contributed by atoms with Crippen molar-refractivity contribution in [3.05, 3.63) is 42.0 Å². The molecule has 0 radical (unpaired) electrons. The summed E-state index contributed by atoms with van der Waals surface area (Å²) in [6.45, 7) is 0. The highest BCUT2D eigenvalue weighted by Gasteiger charge is 2.31. The molecule has 7 heteroatoms. The molecule has 1 heterocycles. The van der Waals surface area contributed by atoms with E-state index in [1.807, 2.05) is 0 Å². The Balaban J connectivity index is 2.12. The molecule has 0 unspecified atom stereocenters. The van der Waals surface area contributed by atoms with E-state index in [0.29, 0.717) is 11.4 Å². The summed E-state index contributed by atoms with van der Waals surface area (Å²) in [5.74, 6) is 0.132. The molecule has 1 aromatic carbocycles. The summed E-state index contributed by atoms with van der Waals surface area (Å²) in [7, 11) is 0. The minimum atomic E-state index is -4.69. The smallest absolute Gasteiger partial charge is 0.406 e. The van der Waals surface area contributed by atoms with E-state index >= 15 is 0 Å². The summed E-state index contributed by atoms with van der Waals surface area (Å²) in [5, 5.41) is 3.57. The first-order chi connectivity index (χ1) is 8.03. The van der Waals surface area contributed by atoms with Crippen LogP contribution >= 0.6 is 0 Å². The Bertz CT molecular complexity index is 483. The highest BCUT2D eigenvalue weighted by atomic mass is 19.4. The molecule has 17 heavy (non-hydrogen) atoms. The maximum atomic E-state index is 12.0. The van der Waals surface area contributed by atoms with Crippen LogP contribution in [0.2, 0.25) is 0 Å². The molecule has 90 valence electrons. The van der Waals surface area contributed by atoms with Crippen molar-refractivity contribution in [3.8, 4) is 5.75 Å². The van der Waals surface area contributed by atoms with Crippen LogP contribution in [0.25, 0.3) is 0 Å². The molecular weight excluding hydrogens is 237 g/mol. The third-order valence-corrected chi connectivity index (χ3v) is 1.90. The van der Waals surface area contributed by atoms with E-state index in [2.05, 4.69) is 19.4 Å². The molecule has 0 atom stereocenters. The van der Waals surface area contributed by atoms with Crippen molar-refractivity contribution in [1.82, 2.24) is 10.1 Å². The van der Waals surface area contributed by atoms with E-state index in [-0.39, 0.29) is 12.2 Å². The van der Waals surface area contributed by atoms with Crippen LogP contribution in [0.15, 0.2) is 35.2 Å². The van der Waals surface area contributed by atoms with Crippen LogP contribution in [0, 0.1) is 0 Å². The Morgan fingerprint density at radius 1 is 1.29 bits per heavy atom. The predicted octanol–water partition coefficient (Wildman–Crippen LogP) is 2.56. The van der Waals surface area contributed by atoms with Crippen molar-refractivity contribution < 1.29 is 22.4 Å². The zero-order chi connectivity index (χ0) is 12.3. The van der Waals surface area contributed by atoms with E-state index < -0.39 is 6.36 Å². The second-order valence-corrected chi connectivity index (χ2v) is 3.22. The van der Waals surface area contributed by atoms with Gasteiger partial charge >= 0.3 is 6.36 Å². The van der Waals surface area contributed by atoms with Crippen LogP contribution in [-0.2, 0) is 6.42 Å². The fraction of sp³-hybridized carbons (Fsp3) is 0.200. The Morgan fingerprint density at radius 2 is 2.12 bits per heavy atom. The first-order valence-corrected chi connectivity index (χ1v) is 4.63. The number of hydrogen-bond donors (Lipinski definition) is 0. The zero-order valence-corrected chi connectivity index (χ0v) is 8.44. The van der Waals surface area contributed by atoms with Crippen LogP contribution in [0.5, 0.6) is 5.75 Å². The number of halogens is 3. The van der Waals surface area contributed by atoms with E-state index in [4.69, 9.17) is 0 Å². The van der Waals surface area contributed by atoms with Gasteiger partial charge in [-0.15, -0.1) is 13.2 Å². The molecule has 0 saturated heterocycles. The molecule has 0 N–H and O–H groups in total. The summed E-state index contributed by atoms with van der Waals surface area (Å²) >= 11 is 0. The van der Waals surface area contributed by atoms with Crippen LogP contribution in [-0.4, -0.2) is 16.5 Å². The number of alkyl halides is 3. The van der Waals surface area contributed by atoms with Crippen molar-refractivity contribution in [1.29, 1.82) is 0 Å². The van der Waals surface area contributed by atoms with Crippen molar-refractivity contribution in [3.63, 3.8) is 0 Å². The largest absolute Gasteiger partial charge is 0.573 e. The predicted molar refractivity (Wildman–Crippen MR) is 50.2 cm³/mol. The molecule has 0 bridgehead atoms. The number of hydrogen-bond acceptors (Lipinski definition) is 4. The standard InChI is InChI=1S/C10H7F3N2O2/c11-10(12,13)17-8-3-1-2-7(4-8)5-9-14-6-16-15-9/h1-4,6H,5H2. The fourth-order valence-corrected chi connectivity index (χ4v) is 1.31. The molecule has 2 rings (SSSR count). The first kappa shape index (κ1) is 11.4. The van der Waals surface area contributed by atoms with E-state index in [1.165, 1.54) is 18.2 Å². The third-order valence-electron chi connectivity index (χ3n) is 1.90. The van der Waals surface area contributed by atoms with Gasteiger partial charge in [0.1, 0.15) is 5.75 Å². The van der Waals surface area contributed by atoms with Gasteiger partial charge in [0.15, 0.2) is 5.82 Å². The summed E-state index contributed by atoms with van der Waals surface area (Å²) < 4.78 is 44.3. The van der Waals surface area contributed by atoms with Crippen molar-refractivity contribution >= 4 is 0 Å². The lowest BCUT2D eigenvalue weighted by atomic mass is 10.1. The fourth-order valence-electron chi connectivity index (χ4n) is 1.31. The van der Waals surface area contributed by atoms with Crippen molar-refractivity contribution in [2.45, 2.75) is 12.8 Å². The number of ether oxygens (including phenoxy) is 1. The molecule has 0 fully saturated rings. The van der Waals surface area contributed by atoms with Gasteiger partial charge in [0.2, 0.25) is 6.39 Å². The van der Waals surface area contributed by atoms with Gasteiger partial charge in [-0.3, -0.25) is 0 Å². The summed E-state index contributed by atoms with van der Waals surface area (Å²) in [6, 6.07) is 5.63. The minimum absolute atomic E-state index is 0.265. The molecule has 0 aliphatic carbocycles. The van der Waals surface area contributed by atoms with Gasteiger partial charge in [-0.2, -0.15) is 4.98 Å². The topological polar surface area (TPSA) is 48.2 Å². The molecule has 2 aromatic rings. The molecule has 1 aromatic heterocycles. The zero-order valence-electron chi connectivity index (χ0n) is 8.44. The second-order valence-electron chi connectivity index (χ2n) is 3.22. The average Bonchev–Trinajstić information content (AvgIpc) is 2.68. The molecule has 0 aliphatic heterocycles. The first-order valence-electron chi connectivity index (χ1n) is 4.63. The Kier molecular flexibility index (Phi) is 2.99. The quantitative estimate of drug-likeness (QED) is 0.832. The lowest BCUT2D eigenvalue weighted by Crippen LogP contribution is -2.17. The molecule has 0 amide bonds. The number of nitrogens with zero attached hydrogens (tertiary/aromatic N) is 2. The monoisotopic (exact) mass is 244 g/mol. The third kappa shape index (κ3) is 3.47. The molecule has 0 aliphatic rings. The molecule has 4 nitrogen and oxygen atoms in total. The average molecular weight is 244 g/mol. The highest BCUT2D eigenvalue weighted by Crippen LogP contribution is 2.23. The van der Waals surface area contributed by atoms with Gasteiger partial charge in [0, 0.05) is 6.42 Å². The molecule has 0 saturated carbocycles. The van der Waals surface area contributed by atoms with Gasteiger partial charge in [-0.05, 0) is 17.7 Å². The van der Waals surface area contributed by atoms with E-state index in [1.54, 1.807) is 6.07 Å². The maximum absolute atomic E-state index is 12.0. The number of rotatable bonds is 3. The van der Waals surface area contributed by atoms with Crippen LogP contribution in [0.4, 0.5) is 13.2 Å². The maximum Gasteiger partial charge on any atom is 0.573 e. The SMILES string of the molecule is FC(F)(F)Oc1cccc(Cc2ncon2)c1. The normalized spacial score (nSPS) is 11.5. The summed E-state index contributed by atoms with van der Waals surface area (Å²) in [5.41, 5.74) is 0.605. The highest BCUT2D eigenvalue weighted by molar-refractivity contribution is 5.30. The minimum Gasteiger partial charge on any atom is -0.406 e. The van der Waals surface area contributed by atoms with Crippen molar-refractivity contribution in [2.24, 2.45) is 0 Å². The van der Waals surface area contributed by atoms with Crippen molar-refractivity contribution in [2.75, 3.05) is 0 Å². The Labute approximate surface area is 94.0 Å². The van der Waals surface area contributed by atoms with E-state index in [9.17, 15) is 13.2 Å². The lowest BCUT2D eigenvalue weighted by molar-refractivity contribution is -0.274. The van der Waals surface area contributed by atoms with Gasteiger partial charge in [-0.25, -0.2) is 0 Å². The molecule has 0 spiro atoms. The van der Waals surface area contributed by atoms with Gasteiger partial charge in [-0.1, -0.05) is 17.3 Å². The summed E-state index contributed by atoms with van der Waals surface area (Å²) in [4.78, 5) is 3.77. The van der Waals surface area contributed by atoms with Crippen LogP contribution in [0.1, 0.15) is 11.4 Å². The second kappa shape index (κ2) is 4.44. The Morgan fingerprint density at radius 3 is 2.76 bits per heavy atom. The van der Waals surface area contributed by atoms with Crippen LogP contribution < -0.4 is 4.74 Å². The van der Waals surface area contributed by atoms with E-state index in [0.717, 1.165) is 6.39 Å². The Hall–Kier alpha value is -2.05. The van der Waals surface area contributed by atoms with Crippen LogP contribution in [0.3, 0.4) is 0 Å².